The van der Waals surface area contributed by atoms with E-state index in [0.29, 0.717) is 12.6 Å². The van der Waals surface area contributed by atoms with Gasteiger partial charge in [-0.2, -0.15) is 0 Å². The van der Waals surface area contributed by atoms with Gasteiger partial charge in [-0.3, -0.25) is 19.4 Å². The van der Waals surface area contributed by atoms with Crippen LogP contribution in [0, 0.1) is 6.92 Å². The Bertz CT molecular complexity index is 551. The van der Waals surface area contributed by atoms with Crippen molar-refractivity contribution in [1.29, 1.82) is 0 Å². The zero-order valence-corrected chi connectivity index (χ0v) is 14.5. The molecule has 0 atom stereocenters. The van der Waals surface area contributed by atoms with Gasteiger partial charge in [-0.25, -0.2) is 0 Å². The molecular weight excluding hydrogens is 306 g/mol. The predicted molar refractivity (Wildman–Crippen MR) is 94.2 cm³/mol. The fourth-order valence-corrected chi connectivity index (χ4v) is 3.16. The summed E-state index contributed by atoms with van der Waals surface area (Å²) in [6.45, 7) is 6.86. The van der Waals surface area contributed by atoms with E-state index in [9.17, 15) is 9.59 Å². The second kappa shape index (κ2) is 8.80. The van der Waals surface area contributed by atoms with Gasteiger partial charge in [0.05, 0.1) is 13.1 Å². The van der Waals surface area contributed by atoms with E-state index in [4.69, 9.17) is 5.11 Å². The molecule has 132 valence electrons. The van der Waals surface area contributed by atoms with Crippen LogP contribution in [0.5, 0.6) is 0 Å². The van der Waals surface area contributed by atoms with Crippen molar-refractivity contribution < 1.29 is 14.7 Å². The van der Waals surface area contributed by atoms with Gasteiger partial charge in [-0.15, -0.1) is 0 Å². The summed E-state index contributed by atoms with van der Waals surface area (Å²) >= 11 is 0. The summed E-state index contributed by atoms with van der Waals surface area (Å²) in [5.74, 6) is -0.785. The lowest BCUT2D eigenvalue weighted by atomic mass is 10.0. The molecule has 1 aliphatic rings. The first-order valence-electron chi connectivity index (χ1n) is 8.52. The molecule has 6 heteroatoms. The number of benzene rings is 1. The number of aliphatic carboxylic acids is 1. The number of amides is 1. The van der Waals surface area contributed by atoms with Gasteiger partial charge < -0.3 is 10.4 Å². The highest BCUT2D eigenvalue weighted by Gasteiger charge is 2.25. The van der Waals surface area contributed by atoms with Gasteiger partial charge in [0, 0.05) is 24.8 Å². The topological polar surface area (TPSA) is 72.9 Å². The van der Waals surface area contributed by atoms with Gasteiger partial charge >= 0.3 is 5.97 Å². The average Bonchev–Trinajstić information content (AvgIpc) is 2.55. The summed E-state index contributed by atoms with van der Waals surface area (Å²) in [7, 11) is 0. The molecule has 1 aromatic carbocycles. The Balaban J connectivity index is 1.76. The van der Waals surface area contributed by atoms with E-state index in [0.717, 1.165) is 43.7 Å². The Morgan fingerprint density at radius 3 is 2.42 bits per heavy atom. The number of likely N-dealkylation sites (tertiary alicyclic amines) is 1. The predicted octanol–water partition coefficient (Wildman–Crippen LogP) is 1.80. The molecule has 1 aliphatic heterocycles. The molecule has 1 fully saturated rings. The standard InChI is InChI=1S/C18H27N3O3/c1-3-21(13-18(23)24)16-8-10-20(11-9-16)12-17(22)19-15-6-4-14(2)5-7-15/h4-7,16H,3,8-13H2,1-2H3,(H,19,22)(H,23,24). The number of aryl methyl sites for hydroxylation is 1. The number of anilines is 1. The van der Waals surface area contributed by atoms with Crippen LogP contribution in [0.25, 0.3) is 0 Å². The highest BCUT2D eigenvalue weighted by Crippen LogP contribution is 2.16. The number of nitrogens with zero attached hydrogens (tertiary/aromatic N) is 2. The average molecular weight is 333 g/mol. The second-order valence-electron chi connectivity index (χ2n) is 6.38. The molecular formula is C18H27N3O3. The van der Waals surface area contributed by atoms with E-state index < -0.39 is 5.97 Å². The van der Waals surface area contributed by atoms with Crippen molar-refractivity contribution in [3.63, 3.8) is 0 Å². The third-order valence-corrected chi connectivity index (χ3v) is 4.52. The van der Waals surface area contributed by atoms with Crippen molar-refractivity contribution in [2.75, 3.05) is 38.0 Å². The largest absolute Gasteiger partial charge is 0.480 e. The van der Waals surface area contributed by atoms with Crippen LogP contribution in [-0.2, 0) is 9.59 Å². The van der Waals surface area contributed by atoms with E-state index in [1.165, 1.54) is 0 Å². The monoisotopic (exact) mass is 333 g/mol. The first kappa shape index (κ1) is 18.4. The van der Waals surface area contributed by atoms with E-state index in [1.54, 1.807) is 0 Å². The summed E-state index contributed by atoms with van der Waals surface area (Å²) in [5, 5.41) is 11.9. The van der Waals surface area contributed by atoms with E-state index in [2.05, 4.69) is 10.2 Å². The van der Waals surface area contributed by atoms with Crippen molar-refractivity contribution in [3.05, 3.63) is 29.8 Å². The van der Waals surface area contributed by atoms with Crippen LogP contribution in [0.1, 0.15) is 25.3 Å². The molecule has 1 amide bonds. The number of carboxylic acids is 1. The van der Waals surface area contributed by atoms with Crippen molar-refractivity contribution in [1.82, 2.24) is 9.80 Å². The number of nitrogens with one attached hydrogen (secondary N) is 1. The van der Waals surface area contributed by atoms with Crippen molar-refractivity contribution in [2.45, 2.75) is 32.7 Å². The molecule has 0 aliphatic carbocycles. The number of likely N-dealkylation sites (N-methyl/N-ethyl adjacent to an activating group) is 1. The van der Waals surface area contributed by atoms with E-state index in [-0.39, 0.29) is 12.5 Å². The van der Waals surface area contributed by atoms with Crippen LogP contribution in [0.2, 0.25) is 0 Å². The van der Waals surface area contributed by atoms with Crippen molar-refractivity contribution in [3.8, 4) is 0 Å². The van der Waals surface area contributed by atoms with Crippen molar-refractivity contribution >= 4 is 17.6 Å². The lowest BCUT2D eigenvalue weighted by molar-refractivity contribution is -0.139. The Hall–Kier alpha value is -1.92. The molecule has 2 N–H and O–H groups in total. The Morgan fingerprint density at radius 2 is 1.88 bits per heavy atom. The van der Waals surface area contributed by atoms with E-state index in [1.807, 2.05) is 43.0 Å². The fourth-order valence-electron chi connectivity index (χ4n) is 3.16. The number of rotatable bonds is 7. The third kappa shape index (κ3) is 5.62. The summed E-state index contributed by atoms with van der Waals surface area (Å²) in [4.78, 5) is 27.2. The minimum Gasteiger partial charge on any atom is -0.480 e. The minimum atomic E-state index is -0.781. The molecule has 0 bridgehead atoms. The second-order valence-corrected chi connectivity index (χ2v) is 6.38. The Morgan fingerprint density at radius 1 is 1.25 bits per heavy atom. The van der Waals surface area contributed by atoms with Gasteiger partial charge in [0.1, 0.15) is 0 Å². The SMILES string of the molecule is CCN(CC(=O)O)C1CCN(CC(=O)Nc2ccc(C)cc2)CC1. The number of carbonyl (C=O) groups is 2. The van der Waals surface area contributed by atoms with Gasteiger partial charge in [0.25, 0.3) is 0 Å². The maximum absolute atomic E-state index is 12.1. The van der Waals surface area contributed by atoms with Crippen LogP contribution < -0.4 is 5.32 Å². The minimum absolute atomic E-state index is 0.00446. The maximum atomic E-state index is 12.1. The normalized spacial score (nSPS) is 16.3. The number of hydrogen-bond acceptors (Lipinski definition) is 4. The van der Waals surface area contributed by atoms with Crippen molar-refractivity contribution in [2.24, 2.45) is 0 Å². The highest BCUT2D eigenvalue weighted by molar-refractivity contribution is 5.92. The molecule has 24 heavy (non-hydrogen) atoms. The summed E-state index contributed by atoms with van der Waals surface area (Å²) in [6, 6.07) is 8.06. The highest BCUT2D eigenvalue weighted by atomic mass is 16.4. The molecule has 6 nitrogen and oxygen atoms in total. The number of hydrogen-bond donors (Lipinski definition) is 2. The van der Waals surface area contributed by atoms with Crippen LogP contribution in [0.15, 0.2) is 24.3 Å². The summed E-state index contributed by atoms with van der Waals surface area (Å²) in [5.41, 5.74) is 1.98. The van der Waals surface area contributed by atoms with Crippen LogP contribution >= 0.6 is 0 Å². The lowest BCUT2D eigenvalue weighted by Gasteiger charge is -2.37. The van der Waals surface area contributed by atoms with Gasteiger partial charge in [0.15, 0.2) is 0 Å². The third-order valence-electron chi connectivity index (χ3n) is 4.52. The van der Waals surface area contributed by atoms with Gasteiger partial charge in [0.2, 0.25) is 5.91 Å². The van der Waals surface area contributed by atoms with Gasteiger partial charge in [-0.1, -0.05) is 24.6 Å². The Kier molecular flexibility index (Phi) is 6.75. The number of piperidine rings is 1. The zero-order valence-electron chi connectivity index (χ0n) is 14.5. The number of carboxylic acid groups (broad SMARTS) is 1. The van der Waals surface area contributed by atoms with Crippen LogP contribution in [0.3, 0.4) is 0 Å². The molecule has 2 rings (SSSR count). The fraction of sp³-hybridized carbons (Fsp3) is 0.556. The van der Waals surface area contributed by atoms with E-state index >= 15 is 0 Å². The number of carbonyl (C=O) groups excluding carboxylic acids is 1. The van der Waals surface area contributed by atoms with Gasteiger partial charge in [-0.05, 0) is 38.4 Å². The zero-order chi connectivity index (χ0) is 17.5. The first-order valence-corrected chi connectivity index (χ1v) is 8.52. The quantitative estimate of drug-likeness (QED) is 0.796. The summed E-state index contributed by atoms with van der Waals surface area (Å²) in [6.07, 6.45) is 1.80. The molecule has 0 unspecified atom stereocenters. The maximum Gasteiger partial charge on any atom is 0.317 e. The molecule has 1 saturated heterocycles. The molecule has 1 heterocycles. The molecule has 1 aromatic rings. The smallest absolute Gasteiger partial charge is 0.317 e. The molecule has 0 radical (unpaired) electrons. The first-order chi connectivity index (χ1) is 11.5. The molecule has 0 spiro atoms. The van der Waals surface area contributed by atoms with Crippen LogP contribution in [0.4, 0.5) is 5.69 Å². The van der Waals surface area contributed by atoms with Crippen LogP contribution in [-0.4, -0.2) is 65.5 Å². The lowest BCUT2D eigenvalue weighted by Crippen LogP contribution is -2.48. The summed E-state index contributed by atoms with van der Waals surface area (Å²) < 4.78 is 0. The Labute approximate surface area is 143 Å². The molecule has 0 saturated carbocycles. The molecule has 0 aromatic heterocycles.